The van der Waals surface area contributed by atoms with Crippen LogP contribution in [0.15, 0.2) is 54.6 Å². The highest BCUT2D eigenvalue weighted by Gasteiger charge is 2.69. The van der Waals surface area contributed by atoms with Crippen molar-refractivity contribution in [3.8, 4) is 0 Å². The highest BCUT2D eigenvalue weighted by Crippen LogP contribution is 2.42. The third kappa shape index (κ3) is 4.29. The fourth-order valence-electron chi connectivity index (χ4n) is 5.08. The number of nitrogens with one attached hydrogen (secondary N) is 1. The molecule has 0 aromatic heterocycles. The molecule has 3 fully saturated rings. The maximum Gasteiger partial charge on any atom is 0.342 e. The fourth-order valence-corrected chi connectivity index (χ4v) is 5.08. The minimum Gasteiger partial charge on any atom is -0.479 e. The van der Waals surface area contributed by atoms with Gasteiger partial charge in [0.1, 0.15) is 11.9 Å². The number of nitrogens with zero attached hydrogens (tertiary/aromatic N) is 1. The molecular formula is C25H27FN2O8. The Bertz CT molecular complexity index is 1120. The first-order valence-electron chi connectivity index (χ1n) is 11.5. The van der Waals surface area contributed by atoms with Crippen molar-refractivity contribution in [2.45, 2.75) is 36.2 Å². The molecule has 3 aliphatic heterocycles. The Balaban J connectivity index is 1.91. The summed E-state index contributed by atoms with van der Waals surface area (Å²) in [6.07, 6.45) is -2.09. The number of aliphatic hydroxyl groups is 2. The molecular weight excluding hydrogens is 475 g/mol. The molecule has 0 amide bonds. The largest absolute Gasteiger partial charge is 0.479 e. The van der Waals surface area contributed by atoms with E-state index in [-0.39, 0.29) is 17.2 Å². The Kier molecular flexibility index (Phi) is 6.98. The minimum atomic E-state index is -3.65. The standard InChI is InChI=1S/C25H27FN2O8/c26-17-6-8-18(9-7-17)27-24(16-4-2-1-3-5-16,25(35,22(32)33)20(29)21(30)31)23(34)36-19-14-28-12-10-15(19)11-13-28/h1-9,15,19-20,27,29,35H,10-14H2,(H,30,31)(H,32,33)/t19-,20+,24?,25-/m0/s1. The number of piperidine rings is 3. The number of fused-ring (bicyclic) bond motifs is 3. The minimum absolute atomic E-state index is 0.000521. The lowest BCUT2D eigenvalue weighted by atomic mass is 9.70. The quantitative estimate of drug-likeness (QED) is 0.314. The summed E-state index contributed by atoms with van der Waals surface area (Å²) in [5.74, 6) is -6.17. The molecule has 3 aliphatic rings. The molecule has 5 rings (SSSR count). The van der Waals surface area contributed by atoms with Gasteiger partial charge in [0, 0.05) is 12.2 Å². The number of hydrogen-bond acceptors (Lipinski definition) is 8. The lowest BCUT2D eigenvalue weighted by Crippen LogP contribution is -2.72. The van der Waals surface area contributed by atoms with E-state index in [0.29, 0.717) is 6.54 Å². The Morgan fingerprint density at radius 2 is 1.64 bits per heavy atom. The summed E-state index contributed by atoms with van der Waals surface area (Å²) in [6, 6.07) is 11.5. The number of carboxylic acid groups (broad SMARTS) is 2. The first-order valence-corrected chi connectivity index (χ1v) is 11.5. The number of hydrogen-bond donors (Lipinski definition) is 5. The molecule has 5 N–H and O–H groups in total. The Morgan fingerprint density at radius 1 is 1.03 bits per heavy atom. The van der Waals surface area contributed by atoms with Crippen molar-refractivity contribution in [3.05, 3.63) is 66.0 Å². The third-order valence-electron chi connectivity index (χ3n) is 7.07. The number of carboxylic acids is 2. The summed E-state index contributed by atoms with van der Waals surface area (Å²) < 4.78 is 19.4. The first-order chi connectivity index (χ1) is 17.1. The number of esters is 1. The van der Waals surface area contributed by atoms with Gasteiger partial charge < -0.3 is 30.5 Å². The van der Waals surface area contributed by atoms with Crippen molar-refractivity contribution in [3.63, 3.8) is 0 Å². The van der Waals surface area contributed by atoms with Crippen LogP contribution >= 0.6 is 0 Å². The molecule has 10 nitrogen and oxygen atoms in total. The Labute approximate surface area is 205 Å². The average molecular weight is 502 g/mol. The van der Waals surface area contributed by atoms with E-state index in [0.717, 1.165) is 38.1 Å². The molecule has 0 radical (unpaired) electrons. The maximum absolute atomic E-state index is 14.1. The predicted octanol–water partition coefficient (Wildman–Crippen LogP) is 1.03. The van der Waals surface area contributed by atoms with Gasteiger partial charge in [-0.1, -0.05) is 30.3 Å². The average Bonchev–Trinajstić information content (AvgIpc) is 2.88. The molecule has 0 saturated carbocycles. The zero-order valence-electron chi connectivity index (χ0n) is 19.2. The summed E-state index contributed by atoms with van der Waals surface area (Å²) in [6.45, 7) is 2.05. The van der Waals surface area contributed by atoms with Crippen molar-refractivity contribution >= 4 is 23.6 Å². The predicted molar refractivity (Wildman–Crippen MR) is 123 cm³/mol. The number of carbonyl (C=O) groups is 3. The van der Waals surface area contributed by atoms with Gasteiger partial charge in [-0.2, -0.15) is 0 Å². The van der Waals surface area contributed by atoms with Crippen LogP contribution in [0.4, 0.5) is 10.1 Å². The van der Waals surface area contributed by atoms with E-state index in [1.54, 1.807) is 6.07 Å². The molecule has 11 heteroatoms. The lowest BCUT2D eigenvalue weighted by Gasteiger charge is -2.48. The van der Waals surface area contributed by atoms with Gasteiger partial charge in [0.2, 0.25) is 11.1 Å². The number of aliphatic carboxylic acids is 2. The summed E-state index contributed by atoms with van der Waals surface area (Å²) in [4.78, 5) is 40.5. The van der Waals surface area contributed by atoms with Crippen molar-refractivity contribution < 1.29 is 43.9 Å². The van der Waals surface area contributed by atoms with Gasteiger partial charge in [-0.05, 0) is 61.7 Å². The van der Waals surface area contributed by atoms with Crippen LogP contribution in [0.25, 0.3) is 0 Å². The van der Waals surface area contributed by atoms with Crippen LogP contribution in [-0.2, 0) is 24.7 Å². The van der Waals surface area contributed by atoms with Crippen LogP contribution in [0.3, 0.4) is 0 Å². The number of ether oxygens (including phenoxy) is 1. The highest BCUT2D eigenvalue weighted by molar-refractivity contribution is 6.00. The SMILES string of the molecule is O=C(O)[C@@H](O)[C@](O)(C(=O)O)C(Nc1ccc(F)cc1)(C(=O)O[C@H]1CN2CCC1CC2)c1ccccc1. The maximum atomic E-state index is 14.1. The first kappa shape index (κ1) is 25.5. The van der Waals surface area contributed by atoms with Gasteiger partial charge in [0.05, 0.1) is 0 Å². The van der Waals surface area contributed by atoms with Crippen molar-refractivity contribution in [1.29, 1.82) is 0 Å². The molecule has 192 valence electrons. The van der Waals surface area contributed by atoms with Crippen LogP contribution < -0.4 is 5.32 Å². The second-order valence-electron chi connectivity index (χ2n) is 9.14. The monoisotopic (exact) mass is 502 g/mol. The molecule has 3 heterocycles. The molecule has 36 heavy (non-hydrogen) atoms. The number of rotatable bonds is 9. The Morgan fingerprint density at radius 3 is 2.14 bits per heavy atom. The molecule has 2 aromatic rings. The van der Waals surface area contributed by atoms with Crippen molar-refractivity contribution in [1.82, 2.24) is 4.90 Å². The van der Waals surface area contributed by atoms with E-state index in [2.05, 4.69) is 10.2 Å². The molecule has 0 spiro atoms. The molecule has 0 aliphatic carbocycles. The van der Waals surface area contributed by atoms with E-state index >= 15 is 0 Å². The number of anilines is 1. The van der Waals surface area contributed by atoms with Gasteiger partial charge in [-0.3, -0.25) is 4.90 Å². The van der Waals surface area contributed by atoms with E-state index in [4.69, 9.17) is 4.74 Å². The summed E-state index contributed by atoms with van der Waals surface area (Å²) >= 11 is 0. The number of carbonyl (C=O) groups excluding carboxylic acids is 1. The van der Waals surface area contributed by atoms with Gasteiger partial charge in [0.25, 0.3) is 0 Å². The second-order valence-corrected chi connectivity index (χ2v) is 9.14. The van der Waals surface area contributed by atoms with Crippen molar-refractivity contribution in [2.24, 2.45) is 5.92 Å². The smallest absolute Gasteiger partial charge is 0.342 e. The van der Waals surface area contributed by atoms with Crippen LogP contribution in [0, 0.1) is 11.7 Å². The van der Waals surface area contributed by atoms with Crippen LogP contribution in [-0.4, -0.2) is 80.7 Å². The number of aliphatic hydroxyl groups excluding tert-OH is 1. The van der Waals surface area contributed by atoms with Crippen LogP contribution in [0.1, 0.15) is 18.4 Å². The second kappa shape index (κ2) is 9.84. The van der Waals surface area contributed by atoms with E-state index in [1.165, 1.54) is 36.4 Å². The van der Waals surface area contributed by atoms with Gasteiger partial charge in [-0.15, -0.1) is 0 Å². The summed E-state index contributed by atoms with van der Waals surface area (Å²) in [5.41, 5.74) is -6.70. The lowest BCUT2D eigenvalue weighted by molar-refractivity contribution is -0.205. The molecule has 4 atom stereocenters. The molecule has 2 aromatic carbocycles. The highest BCUT2D eigenvalue weighted by atomic mass is 19.1. The zero-order chi connectivity index (χ0) is 26.1. The topological polar surface area (TPSA) is 157 Å². The van der Waals surface area contributed by atoms with Gasteiger partial charge in [0.15, 0.2) is 6.10 Å². The third-order valence-corrected chi connectivity index (χ3v) is 7.07. The summed E-state index contributed by atoms with van der Waals surface area (Å²) in [5, 5.41) is 44.4. The van der Waals surface area contributed by atoms with Crippen molar-refractivity contribution in [2.75, 3.05) is 25.0 Å². The normalized spacial score (nSPS) is 25.1. The Hall–Kier alpha value is -3.54. The van der Waals surface area contributed by atoms with E-state index < -0.39 is 47.1 Å². The summed E-state index contributed by atoms with van der Waals surface area (Å²) in [7, 11) is 0. The van der Waals surface area contributed by atoms with Crippen LogP contribution in [0.2, 0.25) is 0 Å². The number of benzene rings is 2. The molecule has 3 saturated heterocycles. The van der Waals surface area contributed by atoms with Crippen LogP contribution in [0.5, 0.6) is 0 Å². The van der Waals surface area contributed by atoms with E-state index in [1.807, 2.05) is 0 Å². The van der Waals surface area contributed by atoms with Gasteiger partial charge in [-0.25, -0.2) is 18.8 Å². The molecule has 2 bridgehead atoms. The zero-order valence-corrected chi connectivity index (χ0v) is 19.2. The van der Waals surface area contributed by atoms with Gasteiger partial charge >= 0.3 is 17.9 Å². The fraction of sp³-hybridized carbons (Fsp3) is 0.400. The molecule has 1 unspecified atom stereocenters. The van der Waals surface area contributed by atoms with E-state index in [9.17, 15) is 39.2 Å². The number of halogens is 1.